The normalized spacial score (nSPS) is 20.3. The largest absolute Gasteiger partial charge is 0.319 e. The Bertz CT molecular complexity index is 467. The second-order valence-electron chi connectivity index (χ2n) is 6.67. The van der Waals surface area contributed by atoms with E-state index in [4.69, 9.17) is 0 Å². The topological polar surface area (TPSA) is 32.3 Å². The Labute approximate surface area is 128 Å². The summed E-state index contributed by atoms with van der Waals surface area (Å²) in [6, 6.07) is 8.76. The lowest BCUT2D eigenvalue weighted by Gasteiger charge is -2.31. The molecule has 0 saturated carbocycles. The van der Waals surface area contributed by atoms with Gasteiger partial charge in [-0.2, -0.15) is 0 Å². The van der Waals surface area contributed by atoms with E-state index in [-0.39, 0.29) is 18.1 Å². The standard InChI is InChI=1S/C18H28N2O/c1-13(2)6-5-7-15(4)20-17(21)12-19-18(20)16-10-8-14(3)9-11-16/h8-11,13,15,18-19H,5-7,12H2,1-4H3. The van der Waals surface area contributed by atoms with Crippen LogP contribution in [0.2, 0.25) is 0 Å². The zero-order valence-electron chi connectivity index (χ0n) is 13.7. The highest BCUT2D eigenvalue weighted by atomic mass is 16.2. The van der Waals surface area contributed by atoms with Crippen LogP contribution in [0.25, 0.3) is 0 Å². The molecule has 1 amide bonds. The molecule has 3 nitrogen and oxygen atoms in total. The van der Waals surface area contributed by atoms with E-state index in [2.05, 4.69) is 57.3 Å². The van der Waals surface area contributed by atoms with E-state index in [0.717, 1.165) is 12.3 Å². The lowest BCUT2D eigenvalue weighted by atomic mass is 10.0. The van der Waals surface area contributed by atoms with Crippen LogP contribution >= 0.6 is 0 Å². The van der Waals surface area contributed by atoms with Crippen molar-refractivity contribution in [1.29, 1.82) is 0 Å². The number of nitrogens with zero attached hydrogens (tertiary/aromatic N) is 1. The molecule has 0 bridgehead atoms. The van der Waals surface area contributed by atoms with Crippen LogP contribution in [0.4, 0.5) is 0 Å². The molecule has 1 aliphatic rings. The fourth-order valence-corrected chi connectivity index (χ4v) is 3.01. The molecule has 1 fully saturated rings. The molecule has 1 aliphatic heterocycles. The van der Waals surface area contributed by atoms with Crippen molar-refractivity contribution >= 4 is 5.91 Å². The van der Waals surface area contributed by atoms with E-state index in [9.17, 15) is 4.79 Å². The lowest BCUT2D eigenvalue weighted by molar-refractivity contribution is -0.130. The van der Waals surface area contributed by atoms with Crippen LogP contribution in [-0.2, 0) is 4.79 Å². The second-order valence-corrected chi connectivity index (χ2v) is 6.67. The number of benzene rings is 1. The number of carbonyl (C=O) groups is 1. The summed E-state index contributed by atoms with van der Waals surface area (Å²) in [5, 5.41) is 3.35. The molecule has 1 aromatic carbocycles. The van der Waals surface area contributed by atoms with Crippen molar-refractivity contribution in [1.82, 2.24) is 10.2 Å². The van der Waals surface area contributed by atoms with Gasteiger partial charge in [0.25, 0.3) is 0 Å². The number of hydrogen-bond acceptors (Lipinski definition) is 2. The minimum absolute atomic E-state index is 0.0344. The molecule has 1 saturated heterocycles. The lowest BCUT2D eigenvalue weighted by Crippen LogP contribution is -2.38. The molecule has 1 heterocycles. The van der Waals surface area contributed by atoms with Gasteiger partial charge in [0.05, 0.1) is 6.54 Å². The van der Waals surface area contributed by atoms with Crippen LogP contribution in [0.15, 0.2) is 24.3 Å². The van der Waals surface area contributed by atoms with E-state index in [0.29, 0.717) is 6.54 Å². The van der Waals surface area contributed by atoms with Gasteiger partial charge in [0.2, 0.25) is 5.91 Å². The molecule has 0 radical (unpaired) electrons. The molecule has 21 heavy (non-hydrogen) atoms. The number of hydrogen-bond donors (Lipinski definition) is 1. The summed E-state index contributed by atoms with van der Waals surface area (Å²) >= 11 is 0. The average molecular weight is 288 g/mol. The Morgan fingerprint density at radius 1 is 1.19 bits per heavy atom. The minimum atomic E-state index is 0.0344. The van der Waals surface area contributed by atoms with Crippen LogP contribution < -0.4 is 5.32 Å². The third-order valence-electron chi connectivity index (χ3n) is 4.28. The minimum Gasteiger partial charge on any atom is -0.319 e. The molecular weight excluding hydrogens is 260 g/mol. The molecule has 2 rings (SSSR count). The van der Waals surface area contributed by atoms with Crippen molar-refractivity contribution in [2.45, 2.75) is 59.2 Å². The third-order valence-corrected chi connectivity index (χ3v) is 4.28. The summed E-state index contributed by atoms with van der Waals surface area (Å²) in [5.41, 5.74) is 2.43. The van der Waals surface area contributed by atoms with Gasteiger partial charge in [0, 0.05) is 6.04 Å². The average Bonchev–Trinajstić information content (AvgIpc) is 2.81. The summed E-state index contributed by atoms with van der Waals surface area (Å²) in [6.07, 6.45) is 3.53. The number of rotatable bonds is 6. The van der Waals surface area contributed by atoms with Crippen molar-refractivity contribution < 1.29 is 4.79 Å². The summed E-state index contributed by atoms with van der Waals surface area (Å²) in [4.78, 5) is 14.3. The van der Waals surface area contributed by atoms with Crippen molar-refractivity contribution in [3.8, 4) is 0 Å². The molecule has 0 aromatic heterocycles. The van der Waals surface area contributed by atoms with Gasteiger partial charge in [0.15, 0.2) is 0 Å². The van der Waals surface area contributed by atoms with Gasteiger partial charge in [-0.3, -0.25) is 10.1 Å². The third kappa shape index (κ3) is 4.07. The number of carbonyl (C=O) groups excluding carboxylic acids is 1. The Balaban J connectivity index is 2.04. The molecule has 0 spiro atoms. The van der Waals surface area contributed by atoms with Crippen molar-refractivity contribution in [3.05, 3.63) is 35.4 Å². The fraction of sp³-hybridized carbons (Fsp3) is 0.611. The highest BCUT2D eigenvalue weighted by Crippen LogP contribution is 2.27. The predicted octanol–water partition coefficient (Wildman–Crippen LogP) is 3.64. The fourth-order valence-electron chi connectivity index (χ4n) is 3.01. The molecule has 116 valence electrons. The van der Waals surface area contributed by atoms with Gasteiger partial charge in [-0.05, 0) is 31.7 Å². The molecule has 2 unspecified atom stereocenters. The zero-order valence-corrected chi connectivity index (χ0v) is 13.7. The molecule has 1 N–H and O–H groups in total. The number of aryl methyl sites for hydroxylation is 1. The molecular formula is C18H28N2O. The number of amides is 1. The summed E-state index contributed by atoms with van der Waals surface area (Å²) in [6.45, 7) is 9.22. The molecule has 3 heteroatoms. The van der Waals surface area contributed by atoms with Gasteiger partial charge in [0.1, 0.15) is 6.17 Å². The van der Waals surface area contributed by atoms with Crippen LogP contribution in [0.1, 0.15) is 57.3 Å². The van der Waals surface area contributed by atoms with Crippen LogP contribution in [0, 0.1) is 12.8 Å². The Morgan fingerprint density at radius 3 is 2.48 bits per heavy atom. The van der Waals surface area contributed by atoms with Crippen molar-refractivity contribution in [3.63, 3.8) is 0 Å². The zero-order chi connectivity index (χ0) is 15.4. The van der Waals surface area contributed by atoms with Gasteiger partial charge < -0.3 is 4.90 Å². The first-order valence-electron chi connectivity index (χ1n) is 8.10. The first kappa shape index (κ1) is 16.0. The SMILES string of the molecule is Cc1ccc(C2NCC(=O)N2C(C)CCCC(C)C)cc1. The summed E-state index contributed by atoms with van der Waals surface area (Å²) in [7, 11) is 0. The number of nitrogens with one attached hydrogen (secondary N) is 1. The van der Waals surface area contributed by atoms with Gasteiger partial charge in [-0.25, -0.2) is 0 Å². The quantitative estimate of drug-likeness (QED) is 0.866. The van der Waals surface area contributed by atoms with E-state index < -0.39 is 0 Å². The Hall–Kier alpha value is -1.35. The molecule has 1 aromatic rings. The Kier molecular flexibility index (Phi) is 5.40. The highest BCUT2D eigenvalue weighted by molar-refractivity contribution is 5.81. The summed E-state index contributed by atoms with van der Waals surface area (Å²) in [5.74, 6) is 0.954. The highest BCUT2D eigenvalue weighted by Gasteiger charge is 2.34. The van der Waals surface area contributed by atoms with Gasteiger partial charge in [-0.15, -0.1) is 0 Å². The molecule has 2 atom stereocenters. The van der Waals surface area contributed by atoms with Crippen LogP contribution in [0.5, 0.6) is 0 Å². The Morgan fingerprint density at radius 2 is 1.86 bits per heavy atom. The second kappa shape index (κ2) is 7.08. The first-order valence-corrected chi connectivity index (χ1v) is 8.10. The van der Waals surface area contributed by atoms with Gasteiger partial charge >= 0.3 is 0 Å². The van der Waals surface area contributed by atoms with Crippen LogP contribution in [-0.4, -0.2) is 23.4 Å². The van der Waals surface area contributed by atoms with Crippen LogP contribution in [0.3, 0.4) is 0 Å². The maximum absolute atomic E-state index is 12.2. The first-order chi connectivity index (χ1) is 9.99. The maximum Gasteiger partial charge on any atom is 0.238 e. The smallest absolute Gasteiger partial charge is 0.238 e. The summed E-state index contributed by atoms with van der Waals surface area (Å²) < 4.78 is 0. The van der Waals surface area contributed by atoms with E-state index in [1.807, 2.05) is 4.90 Å². The predicted molar refractivity (Wildman–Crippen MR) is 86.9 cm³/mol. The van der Waals surface area contributed by atoms with Crippen molar-refractivity contribution in [2.24, 2.45) is 5.92 Å². The van der Waals surface area contributed by atoms with Gasteiger partial charge in [-0.1, -0.05) is 56.5 Å². The van der Waals surface area contributed by atoms with E-state index >= 15 is 0 Å². The maximum atomic E-state index is 12.2. The molecule has 0 aliphatic carbocycles. The van der Waals surface area contributed by atoms with E-state index in [1.54, 1.807) is 0 Å². The monoisotopic (exact) mass is 288 g/mol. The van der Waals surface area contributed by atoms with Crippen molar-refractivity contribution in [2.75, 3.05) is 6.54 Å². The van der Waals surface area contributed by atoms with E-state index in [1.165, 1.54) is 24.0 Å².